The lowest BCUT2D eigenvalue weighted by Crippen LogP contribution is -2.32. The van der Waals surface area contributed by atoms with Crippen LogP contribution in [0.15, 0.2) is 24.3 Å². The van der Waals surface area contributed by atoms with Crippen LogP contribution in [-0.4, -0.2) is 31.6 Å². The summed E-state index contributed by atoms with van der Waals surface area (Å²) in [5.41, 5.74) is 3.11. The van der Waals surface area contributed by atoms with Crippen molar-refractivity contribution in [3.8, 4) is 0 Å². The van der Waals surface area contributed by atoms with E-state index in [4.69, 9.17) is 0 Å². The van der Waals surface area contributed by atoms with Gasteiger partial charge in [0.1, 0.15) is 0 Å². The summed E-state index contributed by atoms with van der Waals surface area (Å²) in [5.74, 6) is 1.89. The van der Waals surface area contributed by atoms with Crippen LogP contribution >= 0.6 is 0 Å². The third-order valence-corrected chi connectivity index (χ3v) is 4.24. The number of nitrogens with one attached hydrogen (secondary N) is 1. The molecule has 2 heteroatoms. The molecule has 1 saturated carbocycles. The van der Waals surface area contributed by atoms with Crippen LogP contribution in [0.2, 0.25) is 0 Å². The van der Waals surface area contributed by atoms with E-state index in [0.29, 0.717) is 0 Å². The highest BCUT2D eigenvalue weighted by atomic mass is 15.1. The molecule has 0 bridgehead atoms. The fraction of sp³-hybridized carbons (Fsp3) is 0.600. The van der Waals surface area contributed by atoms with E-state index in [-0.39, 0.29) is 0 Å². The van der Waals surface area contributed by atoms with E-state index in [0.717, 1.165) is 11.8 Å². The molecule has 0 aromatic heterocycles. The van der Waals surface area contributed by atoms with Gasteiger partial charge in [-0.05, 0) is 49.4 Å². The van der Waals surface area contributed by atoms with E-state index in [1.807, 2.05) is 0 Å². The van der Waals surface area contributed by atoms with Crippen molar-refractivity contribution in [1.82, 2.24) is 10.2 Å². The Bertz CT molecular complexity index is 388. The summed E-state index contributed by atoms with van der Waals surface area (Å²) in [6, 6.07) is 8.91. The normalized spacial score (nSPS) is 27.8. The van der Waals surface area contributed by atoms with Crippen molar-refractivity contribution in [3.63, 3.8) is 0 Å². The van der Waals surface area contributed by atoms with Crippen molar-refractivity contribution < 1.29 is 0 Å². The molecule has 3 rings (SSSR count). The van der Waals surface area contributed by atoms with Crippen LogP contribution in [0.5, 0.6) is 0 Å². The van der Waals surface area contributed by atoms with Gasteiger partial charge in [-0.25, -0.2) is 0 Å². The third-order valence-electron chi connectivity index (χ3n) is 4.24. The van der Waals surface area contributed by atoms with Gasteiger partial charge in [-0.15, -0.1) is 0 Å². The van der Waals surface area contributed by atoms with E-state index in [9.17, 15) is 0 Å². The number of hydrogen-bond acceptors (Lipinski definition) is 2. The summed E-state index contributed by atoms with van der Waals surface area (Å²) in [4.78, 5) is 2.64. The number of benzene rings is 1. The van der Waals surface area contributed by atoms with Gasteiger partial charge < -0.3 is 5.32 Å². The van der Waals surface area contributed by atoms with Gasteiger partial charge in [-0.1, -0.05) is 24.3 Å². The maximum absolute atomic E-state index is 3.29. The molecule has 1 N–H and O–H groups in total. The molecule has 2 atom stereocenters. The summed E-state index contributed by atoms with van der Waals surface area (Å²) in [5, 5.41) is 3.29. The second-order valence-electron chi connectivity index (χ2n) is 5.57. The van der Waals surface area contributed by atoms with Crippen LogP contribution in [0.4, 0.5) is 0 Å². The van der Waals surface area contributed by atoms with Gasteiger partial charge in [0, 0.05) is 19.6 Å². The molecule has 17 heavy (non-hydrogen) atoms. The van der Waals surface area contributed by atoms with Crippen molar-refractivity contribution in [2.45, 2.75) is 19.4 Å². The van der Waals surface area contributed by atoms with Crippen LogP contribution in [-0.2, 0) is 13.0 Å². The highest BCUT2D eigenvalue weighted by molar-refractivity contribution is 5.29. The predicted molar refractivity (Wildman–Crippen MR) is 70.9 cm³/mol. The van der Waals surface area contributed by atoms with E-state index in [1.165, 1.54) is 39.0 Å². The Labute approximate surface area is 104 Å². The summed E-state index contributed by atoms with van der Waals surface area (Å²) in [6.07, 6.45) is 2.67. The minimum atomic E-state index is 0.942. The van der Waals surface area contributed by atoms with Gasteiger partial charge in [0.15, 0.2) is 0 Å². The molecular formula is C15H22N2. The van der Waals surface area contributed by atoms with Crippen molar-refractivity contribution >= 4 is 0 Å². The van der Waals surface area contributed by atoms with Crippen molar-refractivity contribution in [2.24, 2.45) is 11.8 Å². The molecule has 1 fully saturated rings. The molecule has 1 aromatic carbocycles. The first-order valence-electron chi connectivity index (χ1n) is 6.80. The van der Waals surface area contributed by atoms with E-state index in [1.54, 1.807) is 11.1 Å². The quantitative estimate of drug-likeness (QED) is 0.850. The van der Waals surface area contributed by atoms with Crippen molar-refractivity contribution in [2.75, 3.05) is 26.7 Å². The minimum absolute atomic E-state index is 0.942. The molecule has 2 aliphatic rings. The molecule has 92 valence electrons. The maximum Gasteiger partial charge on any atom is 0.0236 e. The standard InChI is InChI=1S/C15H22N2/c1-16-9-14-8-15(14)11-17-7-6-12-4-2-3-5-13(12)10-17/h2-5,14-16H,6-11H2,1H3/t14-,15+/m1/s1. The number of fused-ring (bicyclic) bond motifs is 1. The second-order valence-corrected chi connectivity index (χ2v) is 5.57. The average molecular weight is 230 g/mol. The van der Waals surface area contributed by atoms with Crippen LogP contribution in [0.1, 0.15) is 17.5 Å². The number of hydrogen-bond donors (Lipinski definition) is 1. The maximum atomic E-state index is 3.29. The van der Waals surface area contributed by atoms with Crippen molar-refractivity contribution in [1.29, 1.82) is 0 Å². The number of rotatable bonds is 4. The first-order valence-corrected chi connectivity index (χ1v) is 6.80. The second kappa shape index (κ2) is 4.79. The monoisotopic (exact) mass is 230 g/mol. The highest BCUT2D eigenvalue weighted by Crippen LogP contribution is 2.39. The lowest BCUT2D eigenvalue weighted by atomic mass is 10.00. The Morgan fingerprint density at radius 3 is 2.88 bits per heavy atom. The molecule has 1 aromatic rings. The molecule has 1 aliphatic carbocycles. The smallest absolute Gasteiger partial charge is 0.0236 e. The zero-order chi connectivity index (χ0) is 11.7. The van der Waals surface area contributed by atoms with Gasteiger partial charge >= 0.3 is 0 Å². The molecule has 0 saturated heterocycles. The van der Waals surface area contributed by atoms with Crippen LogP contribution in [0.25, 0.3) is 0 Å². The van der Waals surface area contributed by atoms with Gasteiger partial charge in [0.05, 0.1) is 0 Å². The van der Waals surface area contributed by atoms with Gasteiger partial charge in [-0.3, -0.25) is 4.90 Å². The topological polar surface area (TPSA) is 15.3 Å². The Morgan fingerprint density at radius 2 is 2.06 bits per heavy atom. The minimum Gasteiger partial charge on any atom is -0.319 e. The molecule has 0 unspecified atom stereocenters. The molecule has 1 heterocycles. The first-order chi connectivity index (χ1) is 8.36. The van der Waals surface area contributed by atoms with Gasteiger partial charge in [0.25, 0.3) is 0 Å². The van der Waals surface area contributed by atoms with E-state index in [2.05, 4.69) is 41.5 Å². The zero-order valence-electron chi connectivity index (χ0n) is 10.7. The highest BCUT2D eigenvalue weighted by Gasteiger charge is 2.37. The molecule has 0 amide bonds. The largest absolute Gasteiger partial charge is 0.319 e. The summed E-state index contributed by atoms with van der Waals surface area (Å²) in [6.45, 7) is 4.93. The van der Waals surface area contributed by atoms with E-state index < -0.39 is 0 Å². The Morgan fingerprint density at radius 1 is 1.24 bits per heavy atom. The first kappa shape index (κ1) is 11.2. The molecule has 2 nitrogen and oxygen atoms in total. The van der Waals surface area contributed by atoms with E-state index >= 15 is 0 Å². The molecule has 0 spiro atoms. The Balaban J connectivity index is 1.55. The fourth-order valence-electron chi connectivity index (χ4n) is 3.09. The van der Waals surface area contributed by atoms with Crippen LogP contribution in [0, 0.1) is 11.8 Å². The Kier molecular flexibility index (Phi) is 3.17. The van der Waals surface area contributed by atoms with Crippen LogP contribution in [0.3, 0.4) is 0 Å². The summed E-state index contributed by atoms with van der Waals surface area (Å²) >= 11 is 0. The summed E-state index contributed by atoms with van der Waals surface area (Å²) in [7, 11) is 2.06. The molecule has 1 aliphatic heterocycles. The molecular weight excluding hydrogens is 208 g/mol. The molecule has 0 radical (unpaired) electrons. The fourth-order valence-corrected chi connectivity index (χ4v) is 3.09. The lowest BCUT2D eigenvalue weighted by molar-refractivity contribution is 0.239. The Hall–Kier alpha value is -0.860. The summed E-state index contributed by atoms with van der Waals surface area (Å²) < 4.78 is 0. The van der Waals surface area contributed by atoms with Gasteiger partial charge in [-0.2, -0.15) is 0 Å². The number of nitrogens with zero attached hydrogens (tertiary/aromatic N) is 1. The SMILES string of the molecule is CNC[C@H]1C[C@H]1CN1CCc2ccccc2C1. The zero-order valence-corrected chi connectivity index (χ0v) is 10.7. The predicted octanol–water partition coefficient (Wildman–Crippen LogP) is 1.90. The lowest BCUT2D eigenvalue weighted by Gasteiger charge is -2.28. The average Bonchev–Trinajstić information content (AvgIpc) is 3.08. The van der Waals surface area contributed by atoms with Crippen molar-refractivity contribution in [3.05, 3.63) is 35.4 Å². The van der Waals surface area contributed by atoms with Gasteiger partial charge in [0.2, 0.25) is 0 Å². The van der Waals surface area contributed by atoms with Crippen LogP contribution < -0.4 is 5.32 Å². The third kappa shape index (κ3) is 2.53.